The molecule has 0 aliphatic carbocycles. The molecule has 54 heavy (non-hydrogen) atoms. The number of fused-ring (bicyclic) bond motifs is 2. The van der Waals surface area contributed by atoms with Gasteiger partial charge in [-0.1, -0.05) is 72.8 Å². The van der Waals surface area contributed by atoms with Crippen molar-refractivity contribution in [3.8, 4) is 0 Å². The summed E-state index contributed by atoms with van der Waals surface area (Å²) in [5.41, 5.74) is 5.15. The van der Waals surface area contributed by atoms with Gasteiger partial charge in [0.1, 0.15) is 0 Å². The molecule has 0 saturated carbocycles. The first kappa shape index (κ1) is 37.6. The molecular formula is C40H46N8O6. The largest absolute Gasteiger partial charge is 0.465 e. The molecule has 5 N–H and O–H groups in total. The van der Waals surface area contributed by atoms with Crippen LogP contribution in [0.15, 0.2) is 113 Å². The van der Waals surface area contributed by atoms with E-state index < -0.39 is 12.2 Å². The Hall–Kier alpha value is -6.15. The van der Waals surface area contributed by atoms with Crippen molar-refractivity contribution in [3.63, 3.8) is 0 Å². The highest BCUT2D eigenvalue weighted by atomic mass is 16.4. The van der Waals surface area contributed by atoms with Crippen molar-refractivity contribution in [2.45, 2.75) is 63.8 Å². The Morgan fingerprint density at radius 2 is 1.48 bits per heavy atom. The Bertz CT molecular complexity index is 2210. The summed E-state index contributed by atoms with van der Waals surface area (Å²) in [7, 11) is 0. The van der Waals surface area contributed by atoms with Crippen molar-refractivity contribution in [1.29, 1.82) is 0 Å². The number of benzene rings is 3. The molecule has 0 bridgehead atoms. The first-order valence-corrected chi connectivity index (χ1v) is 18.3. The van der Waals surface area contributed by atoms with Crippen molar-refractivity contribution >= 4 is 34.4 Å². The maximum absolute atomic E-state index is 12.7. The van der Waals surface area contributed by atoms with Gasteiger partial charge in [0.15, 0.2) is 5.65 Å². The molecule has 1 unspecified atom stereocenters. The van der Waals surface area contributed by atoms with Crippen molar-refractivity contribution in [2.75, 3.05) is 19.6 Å². The topological polar surface area (TPSA) is 182 Å². The number of carboxylic acid groups (broad SMARTS) is 2. The molecule has 14 heteroatoms. The Morgan fingerprint density at radius 3 is 2.17 bits per heavy atom. The number of H-pyrrole nitrogens is 2. The van der Waals surface area contributed by atoms with Crippen LogP contribution in [0.5, 0.6) is 0 Å². The second kappa shape index (κ2) is 18.1. The SMILES string of the molecule is O=C(O)N1CCC(n2c(=O)[nH]c3ncccc32)C[C@@H]1CCCN(Cc1ccccc1)Cc1ccccc1.O=C(O)NCCCn1c(=O)[nH]c2ccccc21. The Balaban J connectivity index is 0.000000244. The van der Waals surface area contributed by atoms with Crippen LogP contribution in [0.1, 0.15) is 49.3 Å². The number of nitrogens with one attached hydrogen (secondary N) is 3. The van der Waals surface area contributed by atoms with E-state index in [9.17, 15) is 24.3 Å². The summed E-state index contributed by atoms with van der Waals surface area (Å²) in [6.45, 7) is 3.77. The third kappa shape index (κ3) is 9.63. The van der Waals surface area contributed by atoms with Gasteiger partial charge in [-0.05, 0) is 74.0 Å². The predicted octanol–water partition coefficient (Wildman–Crippen LogP) is 5.88. The molecule has 2 amide bonds. The van der Waals surface area contributed by atoms with Crippen molar-refractivity contribution < 1.29 is 19.8 Å². The van der Waals surface area contributed by atoms with E-state index in [1.165, 1.54) is 11.1 Å². The molecule has 1 aliphatic rings. The number of imidazole rings is 2. The zero-order chi connectivity index (χ0) is 37.9. The highest BCUT2D eigenvalue weighted by Crippen LogP contribution is 2.31. The highest BCUT2D eigenvalue weighted by molar-refractivity contribution is 5.75. The van der Waals surface area contributed by atoms with Gasteiger partial charge in [0.2, 0.25) is 0 Å². The maximum Gasteiger partial charge on any atom is 0.407 e. The van der Waals surface area contributed by atoms with Gasteiger partial charge in [-0.25, -0.2) is 24.2 Å². The van der Waals surface area contributed by atoms with Gasteiger partial charge in [-0.2, -0.15) is 0 Å². The second-order valence-electron chi connectivity index (χ2n) is 13.5. The van der Waals surface area contributed by atoms with Crippen molar-refractivity contribution in [1.82, 2.24) is 39.2 Å². The monoisotopic (exact) mass is 734 g/mol. The molecule has 1 saturated heterocycles. The zero-order valence-corrected chi connectivity index (χ0v) is 30.0. The zero-order valence-electron chi connectivity index (χ0n) is 30.0. The number of hydrogen-bond donors (Lipinski definition) is 5. The van der Waals surface area contributed by atoms with Gasteiger partial charge in [-0.15, -0.1) is 0 Å². The molecule has 6 aromatic rings. The minimum atomic E-state index is -1.05. The van der Waals surface area contributed by atoms with Gasteiger partial charge in [0.05, 0.1) is 16.6 Å². The van der Waals surface area contributed by atoms with E-state index in [1.807, 2.05) is 48.5 Å². The van der Waals surface area contributed by atoms with Gasteiger partial charge < -0.3 is 25.4 Å². The summed E-state index contributed by atoms with van der Waals surface area (Å²) in [6, 6.07) is 31.8. The van der Waals surface area contributed by atoms with Crippen LogP contribution >= 0.6 is 0 Å². The summed E-state index contributed by atoms with van der Waals surface area (Å²) in [5, 5.41) is 20.6. The number of rotatable bonds is 13. The number of aromatic amines is 2. The molecule has 1 fully saturated rings. The maximum atomic E-state index is 12.7. The van der Waals surface area contributed by atoms with Crippen molar-refractivity contribution in [2.24, 2.45) is 0 Å². The average molecular weight is 735 g/mol. The summed E-state index contributed by atoms with van der Waals surface area (Å²) in [4.78, 5) is 60.5. The smallest absolute Gasteiger partial charge is 0.407 e. The molecule has 7 rings (SSSR count). The van der Waals surface area contributed by atoms with E-state index in [-0.39, 0.29) is 23.5 Å². The fourth-order valence-electron chi connectivity index (χ4n) is 7.32. The number of piperidine rings is 1. The first-order valence-electron chi connectivity index (χ1n) is 18.3. The van der Waals surface area contributed by atoms with Gasteiger partial charge >= 0.3 is 23.6 Å². The van der Waals surface area contributed by atoms with E-state index in [0.717, 1.165) is 49.0 Å². The van der Waals surface area contributed by atoms with Crippen LogP contribution in [0.2, 0.25) is 0 Å². The number of hydrogen-bond acceptors (Lipinski definition) is 6. The minimum absolute atomic E-state index is 0.0595. The third-order valence-corrected chi connectivity index (χ3v) is 9.82. The van der Waals surface area contributed by atoms with E-state index in [4.69, 9.17) is 5.11 Å². The molecule has 4 heterocycles. The Labute approximate surface area is 311 Å². The molecular weight excluding hydrogens is 688 g/mol. The van der Waals surface area contributed by atoms with Crippen molar-refractivity contribution in [3.05, 3.63) is 135 Å². The quantitative estimate of drug-likeness (QED) is 0.0913. The van der Waals surface area contributed by atoms with E-state index >= 15 is 0 Å². The number of nitrogens with zero attached hydrogens (tertiary/aromatic N) is 5. The molecule has 14 nitrogen and oxygen atoms in total. The highest BCUT2D eigenvalue weighted by Gasteiger charge is 2.33. The Kier molecular flexibility index (Phi) is 12.6. The lowest BCUT2D eigenvalue weighted by Gasteiger charge is -2.38. The molecule has 3 aromatic heterocycles. The number of aromatic nitrogens is 5. The lowest BCUT2D eigenvalue weighted by molar-refractivity contribution is 0.0853. The van der Waals surface area contributed by atoms with Crippen LogP contribution < -0.4 is 16.7 Å². The summed E-state index contributed by atoms with van der Waals surface area (Å²) >= 11 is 0. The third-order valence-electron chi connectivity index (χ3n) is 9.82. The van der Waals surface area contributed by atoms with Gasteiger partial charge in [-0.3, -0.25) is 19.0 Å². The average Bonchev–Trinajstić information content (AvgIpc) is 3.68. The van der Waals surface area contributed by atoms with E-state index in [2.05, 4.69) is 73.7 Å². The number of likely N-dealkylation sites (tertiary alicyclic amines) is 1. The number of para-hydroxylation sites is 2. The molecule has 282 valence electrons. The lowest BCUT2D eigenvalue weighted by atomic mass is 9.93. The number of amides is 2. The van der Waals surface area contributed by atoms with Gasteiger partial charge in [0, 0.05) is 51.0 Å². The van der Waals surface area contributed by atoms with Crippen LogP contribution in [0, 0.1) is 0 Å². The number of carbonyl (C=O) groups is 2. The summed E-state index contributed by atoms with van der Waals surface area (Å²) in [5.74, 6) is 0. The summed E-state index contributed by atoms with van der Waals surface area (Å²) in [6.07, 6.45) is 3.15. The number of pyridine rings is 1. The summed E-state index contributed by atoms with van der Waals surface area (Å²) < 4.78 is 3.38. The first-order chi connectivity index (χ1) is 26.3. The van der Waals surface area contributed by atoms with Gasteiger partial charge in [0.25, 0.3) is 0 Å². The fraction of sp³-hybridized carbons (Fsp3) is 0.325. The van der Waals surface area contributed by atoms with Crippen LogP contribution in [0.3, 0.4) is 0 Å². The van der Waals surface area contributed by atoms with Crippen LogP contribution in [0.4, 0.5) is 9.59 Å². The number of aryl methyl sites for hydroxylation is 1. The van der Waals surface area contributed by atoms with Crippen LogP contribution in [0.25, 0.3) is 22.2 Å². The van der Waals surface area contributed by atoms with E-state index in [0.29, 0.717) is 44.5 Å². The second-order valence-corrected chi connectivity index (χ2v) is 13.5. The van der Waals surface area contributed by atoms with Crippen LogP contribution in [-0.4, -0.2) is 82.0 Å². The molecule has 2 atom stereocenters. The molecule has 3 aromatic carbocycles. The lowest BCUT2D eigenvalue weighted by Crippen LogP contribution is -2.47. The predicted molar refractivity (Wildman–Crippen MR) is 207 cm³/mol. The molecule has 1 aliphatic heterocycles. The fourth-order valence-corrected chi connectivity index (χ4v) is 7.32. The standard InChI is InChI=1S/C29H33N5O3.C11H13N3O3/c35-28-31-27-26(14-7-16-30-27)34(28)25-15-18-33(29(36)37)24(19-25)13-8-17-32(20-22-9-3-1-4-10-22)21-23-11-5-2-6-12-23;15-10-13-8-4-1-2-5-9(8)14(10)7-3-6-12-11(16)17/h1-7,9-12,14,16,24-25H,8,13,15,17-21H2,(H,36,37)(H,30,31,35);1-2,4-5,12H,3,6-7H2,(H,13,15)(H,16,17)/t24-,25?;/m0./s1. The normalized spacial score (nSPS) is 15.6. The van der Waals surface area contributed by atoms with Crippen LogP contribution in [-0.2, 0) is 19.6 Å². The Morgan fingerprint density at radius 1 is 0.815 bits per heavy atom. The molecule has 0 spiro atoms. The van der Waals surface area contributed by atoms with E-state index in [1.54, 1.807) is 20.2 Å². The minimum Gasteiger partial charge on any atom is -0.465 e. The molecule has 0 radical (unpaired) electrons.